The molecule has 0 fully saturated rings. The number of anilines is 1. The summed E-state index contributed by atoms with van der Waals surface area (Å²) in [5.41, 5.74) is 4.11. The lowest BCUT2D eigenvalue weighted by Crippen LogP contribution is -2.42. The molecule has 174 valence electrons. The van der Waals surface area contributed by atoms with Gasteiger partial charge in [0.25, 0.3) is 5.91 Å². The number of thioether (sulfide) groups is 1. The van der Waals surface area contributed by atoms with Gasteiger partial charge in [0.1, 0.15) is 24.7 Å². The first-order valence-electron chi connectivity index (χ1n) is 9.63. The maximum atomic E-state index is 14.8. The Hall–Kier alpha value is -2.90. The van der Waals surface area contributed by atoms with Crippen molar-refractivity contribution in [3.63, 3.8) is 0 Å². The van der Waals surface area contributed by atoms with E-state index in [4.69, 9.17) is 28.5 Å². The molecule has 2 atom stereocenters. The van der Waals surface area contributed by atoms with Crippen LogP contribution in [0.1, 0.15) is 36.3 Å². The number of alkyl halides is 1. The highest BCUT2D eigenvalue weighted by Crippen LogP contribution is 2.46. The number of carbonyl (C=O) groups excluding carboxylic acids is 1. The van der Waals surface area contributed by atoms with Crippen LogP contribution in [0.4, 0.5) is 18.9 Å². The van der Waals surface area contributed by atoms with Crippen LogP contribution in [0.25, 0.3) is 0 Å². The van der Waals surface area contributed by atoms with E-state index in [1.807, 2.05) is 0 Å². The van der Waals surface area contributed by atoms with E-state index in [1.54, 1.807) is 6.92 Å². The van der Waals surface area contributed by atoms with E-state index in [-0.39, 0.29) is 45.9 Å². The van der Waals surface area contributed by atoms with Gasteiger partial charge in [0.2, 0.25) is 0 Å². The van der Waals surface area contributed by atoms with Crippen molar-refractivity contribution in [3.05, 3.63) is 52.3 Å². The Labute approximate surface area is 198 Å². The van der Waals surface area contributed by atoms with Gasteiger partial charge < -0.3 is 15.8 Å². The van der Waals surface area contributed by atoms with Gasteiger partial charge in [0.15, 0.2) is 16.8 Å². The van der Waals surface area contributed by atoms with Crippen LogP contribution in [0.2, 0.25) is 5.02 Å². The summed E-state index contributed by atoms with van der Waals surface area (Å²) in [4.78, 5) is 20.9. The fourth-order valence-electron chi connectivity index (χ4n) is 3.59. The number of nitrogens with zero attached hydrogens (tertiary/aromatic N) is 2. The Morgan fingerprint density at radius 3 is 2.76 bits per heavy atom. The lowest BCUT2D eigenvalue weighted by molar-refractivity contribution is 0.102. The largest absolute Gasteiger partial charge is 0.479 e. The number of aromatic nitrogens is 1. The predicted octanol–water partition coefficient (Wildman–Crippen LogP) is 4.67. The molecule has 0 aliphatic carbocycles. The molecule has 0 saturated carbocycles. The van der Waals surface area contributed by atoms with Gasteiger partial charge in [0, 0.05) is 23.4 Å². The van der Waals surface area contributed by atoms with E-state index in [2.05, 4.69) is 21.2 Å². The number of rotatable bonds is 6. The SMILES string of the molecule is C#CCOc1cnc(C(=O)Nc2cc(F)c(F)c([C@]3(C)C[C@](C)(CF)SC(N)=N3)c2)c(Cl)c1. The Balaban J connectivity index is 1.93. The molecule has 1 aromatic carbocycles. The quantitative estimate of drug-likeness (QED) is 0.567. The highest BCUT2D eigenvalue weighted by atomic mass is 35.5. The van der Waals surface area contributed by atoms with Crippen LogP contribution in [-0.4, -0.2) is 34.1 Å². The van der Waals surface area contributed by atoms with Gasteiger partial charge in [-0.1, -0.05) is 29.3 Å². The average molecular weight is 497 g/mol. The average Bonchev–Trinajstić information content (AvgIpc) is 2.73. The van der Waals surface area contributed by atoms with Crippen molar-refractivity contribution < 1.29 is 22.7 Å². The summed E-state index contributed by atoms with van der Waals surface area (Å²) in [7, 11) is 0. The number of nitrogens with one attached hydrogen (secondary N) is 1. The van der Waals surface area contributed by atoms with Crippen molar-refractivity contribution in [1.29, 1.82) is 0 Å². The normalized spacial score (nSPS) is 22.3. The second-order valence-corrected chi connectivity index (χ2v) is 9.87. The number of hydrogen-bond acceptors (Lipinski definition) is 6. The van der Waals surface area contributed by atoms with E-state index in [0.29, 0.717) is 0 Å². The Kier molecular flexibility index (Phi) is 7.14. The maximum absolute atomic E-state index is 14.8. The number of amides is 1. The number of halogens is 4. The molecule has 2 aromatic rings. The number of aliphatic imine (C=N–C) groups is 1. The minimum absolute atomic E-state index is 0.00704. The minimum atomic E-state index is -1.35. The predicted molar refractivity (Wildman–Crippen MR) is 123 cm³/mol. The first-order valence-corrected chi connectivity index (χ1v) is 10.8. The summed E-state index contributed by atoms with van der Waals surface area (Å²) in [6, 6.07) is 3.41. The monoisotopic (exact) mass is 496 g/mol. The van der Waals surface area contributed by atoms with E-state index in [9.17, 15) is 18.0 Å². The van der Waals surface area contributed by atoms with Crippen molar-refractivity contribution in [2.24, 2.45) is 10.7 Å². The Morgan fingerprint density at radius 1 is 1.39 bits per heavy atom. The van der Waals surface area contributed by atoms with Crippen LogP contribution >= 0.6 is 23.4 Å². The summed E-state index contributed by atoms with van der Waals surface area (Å²) in [5, 5.41) is 2.47. The number of nitrogens with two attached hydrogens (primary N) is 1. The number of amidine groups is 1. The molecule has 6 nitrogen and oxygen atoms in total. The number of benzene rings is 1. The third-order valence-electron chi connectivity index (χ3n) is 4.93. The maximum Gasteiger partial charge on any atom is 0.275 e. The van der Waals surface area contributed by atoms with Crippen molar-refractivity contribution in [1.82, 2.24) is 4.98 Å². The first kappa shape index (κ1) is 24.7. The molecule has 0 bridgehead atoms. The summed E-state index contributed by atoms with van der Waals surface area (Å²) < 4.78 is 47.2. The van der Waals surface area contributed by atoms with Gasteiger partial charge in [-0.3, -0.25) is 9.79 Å². The molecule has 33 heavy (non-hydrogen) atoms. The van der Waals surface area contributed by atoms with Crippen LogP contribution in [0.15, 0.2) is 29.4 Å². The zero-order chi connectivity index (χ0) is 24.4. The van der Waals surface area contributed by atoms with Crippen LogP contribution in [0.3, 0.4) is 0 Å². The second kappa shape index (κ2) is 9.53. The summed E-state index contributed by atoms with van der Waals surface area (Å²) in [6.07, 6.45) is 6.43. The molecular formula is C22H20ClF3N4O2S. The highest BCUT2D eigenvalue weighted by molar-refractivity contribution is 8.15. The smallest absolute Gasteiger partial charge is 0.275 e. The van der Waals surface area contributed by atoms with E-state index >= 15 is 0 Å². The molecule has 3 rings (SSSR count). The van der Waals surface area contributed by atoms with Crippen LogP contribution in [0, 0.1) is 24.0 Å². The fraction of sp³-hybridized carbons (Fsp3) is 0.318. The summed E-state index contributed by atoms with van der Waals surface area (Å²) in [6.45, 7) is 2.41. The van der Waals surface area contributed by atoms with Gasteiger partial charge in [-0.05, 0) is 26.3 Å². The van der Waals surface area contributed by atoms with Gasteiger partial charge in [-0.2, -0.15) is 0 Å². The zero-order valence-corrected chi connectivity index (χ0v) is 19.3. The minimum Gasteiger partial charge on any atom is -0.479 e. The lowest BCUT2D eigenvalue weighted by atomic mass is 9.83. The molecule has 0 spiro atoms. The third kappa shape index (κ3) is 5.37. The fourth-order valence-corrected chi connectivity index (χ4v) is 4.99. The van der Waals surface area contributed by atoms with Crippen molar-refractivity contribution in [2.75, 3.05) is 18.6 Å². The number of carbonyl (C=O) groups is 1. The molecule has 2 heterocycles. The number of ether oxygens (including phenoxy) is 1. The van der Waals surface area contributed by atoms with Gasteiger partial charge in [-0.15, -0.1) is 6.42 Å². The van der Waals surface area contributed by atoms with E-state index in [1.165, 1.54) is 25.3 Å². The zero-order valence-electron chi connectivity index (χ0n) is 17.7. The molecular weight excluding hydrogens is 477 g/mol. The molecule has 1 aromatic heterocycles. The van der Waals surface area contributed by atoms with E-state index in [0.717, 1.165) is 17.8 Å². The lowest BCUT2D eigenvalue weighted by Gasteiger charge is -2.39. The summed E-state index contributed by atoms with van der Waals surface area (Å²) >= 11 is 7.14. The van der Waals surface area contributed by atoms with Crippen LogP contribution in [0.5, 0.6) is 5.75 Å². The van der Waals surface area contributed by atoms with Gasteiger partial charge in [-0.25, -0.2) is 18.2 Å². The Bertz CT molecular complexity index is 1170. The number of terminal acetylenes is 1. The van der Waals surface area contributed by atoms with Crippen molar-refractivity contribution in [3.8, 4) is 18.1 Å². The molecule has 0 saturated heterocycles. The highest BCUT2D eigenvalue weighted by Gasteiger charge is 2.44. The Morgan fingerprint density at radius 2 is 2.12 bits per heavy atom. The van der Waals surface area contributed by atoms with Gasteiger partial charge >= 0.3 is 0 Å². The molecule has 1 amide bonds. The second-order valence-electron chi connectivity index (χ2n) is 7.85. The van der Waals surface area contributed by atoms with Crippen LogP contribution < -0.4 is 15.8 Å². The standard InChI is InChI=1S/C22H20ClF3N4O2S/c1-4-5-32-13-8-15(23)18(28-9-13)19(31)29-12-6-14(17(26)16(25)7-12)22(3)10-21(2,11-24)33-20(27)30-22/h1,6-9H,5,10-11H2,2-3H3,(H2,27,30)(H,29,31)/t21-,22+/m1/s1. The molecule has 1 aliphatic heterocycles. The van der Waals surface area contributed by atoms with Crippen molar-refractivity contribution >= 4 is 40.1 Å². The first-order chi connectivity index (χ1) is 15.5. The molecule has 11 heteroatoms. The van der Waals surface area contributed by atoms with Crippen molar-refractivity contribution in [2.45, 2.75) is 30.6 Å². The summed E-state index contributed by atoms with van der Waals surface area (Å²) in [5.74, 6) is -0.589. The molecule has 3 N–H and O–H groups in total. The third-order valence-corrected chi connectivity index (χ3v) is 6.26. The molecule has 1 aliphatic rings. The van der Waals surface area contributed by atoms with Crippen LogP contribution in [-0.2, 0) is 5.54 Å². The van der Waals surface area contributed by atoms with E-state index < -0.39 is 34.5 Å². The topological polar surface area (TPSA) is 89.6 Å². The number of pyridine rings is 1. The number of hydrogen-bond donors (Lipinski definition) is 2. The molecule has 0 unspecified atom stereocenters. The molecule has 0 radical (unpaired) electrons. The van der Waals surface area contributed by atoms with Gasteiger partial charge in [0.05, 0.1) is 21.5 Å².